The highest BCUT2D eigenvalue weighted by atomic mass is 35.5. The molecule has 0 saturated heterocycles. The highest BCUT2D eigenvalue weighted by Crippen LogP contribution is 2.40. The van der Waals surface area contributed by atoms with Crippen molar-refractivity contribution in [2.45, 2.75) is 39.2 Å². The van der Waals surface area contributed by atoms with Crippen molar-refractivity contribution in [1.29, 1.82) is 0 Å². The van der Waals surface area contributed by atoms with Crippen molar-refractivity contribution in [2.75, 3.05) is 30.6 Å². The Morgan fingerprint density at radius 2 is 1.58 bits per heavy atom. The topological polar surface area (TPSA) is 72.8 Å². The molecule has 0 heterocycles. The van der Waals surface area contributed by atoms with Gasteiger partial charge in [0.2, 0.25) is 0 Å². The Balaban J connectivity index is 2.12. The van der Waals surface area contributed by atoms with Gasteiger partial charge in [-0.3, -0.25) is 0 Å². The van der Waals surface area contributed by atoms with Crippen LogP contribution >= 0.6 is 34.8 Å². The highest BCUT2D eigenvalue weighted by molar-refractivity contribution is 7.91. The third-order valence-electron chi connectivity index (χ3n) is 5.40. The minimum atomic E-state index is -3.27. The monoisotopic (exact) mass is 536 g/mol. The minimum absolute atomic E-state index is 0.0124. The van der Waals surface area contributed by atoms with Gasteiger partial charge in [-0.25, -0.2) is 8.42 Å². The molecule has 0 aliphatic heterocycles. The van der Waals surface area contributed by atoms with Crippen LogP contribution in [0.15, 0.2) is 36.4 Å². The molecule has 0 radical (unpaired) electrons. The van der Waals surface area contributed by atoms with E-state index in [-0.39, 0.29) is 24.0 Å². The first kappa shape index (κ1) is 28.1. The summed E-state index contributed by atoms with van der Waals surface area (Å²) >= 11 is 18.8. The second-order valence-electron chi connectivity index (χ2n) is 8.65. The molecule has 2 aromatic rings. The molecular weight excluding hydrogens is 507 g/mol. The van der Waals surface area contributed by atoms with E-state index < -0.39 is 21.4 Å². The molecule has 1 N–H and O–H groups in total. The maximum atomic E-state index is 11.6. The van der Waals surface area contributed by atoms with Gasteiger partial charge in [0.15, 0.2) is 15.6 Å². The van der Waals surface area contributed by atoms with E-state index in [1.807, 2.05) is 31.2 Å². The number of hydrogen-bond donors (Lipinski definition) is 1. The van der Waals surface area contributed by atoms with Crippen LogP contribution in [0.1, 0.15) is 38.8 Å². The average molecular weight is 538 g/mol. The van der Waals surface area contributed by atoms with Crippen molar-refractivity contribution in [1.82, 2.24) is 0 Å². The van der Waals surface area contributed by atoms with Crippen molar-refractivity contribution in [3.05, 3.63) is 57.6 Å². The summed E-state index contributed by atoms with van der Waals surface area (Å²) in [7, 11) is -3.27. The molecule has 5 nitrogen and oxygen atoms in total. The van der Waals surface area contributed by atoms with Crippen LogP contribution in [0.2, 0.25) is 10.0 Å². The van der Waals surface area contributed by atoms with Gasteiger partial charge in [0.05, 0.1) is 22.4 Å². The van der Waals surface area contributed by atoms with Gasteiger partial charge in [0.1, 0.15) is 18.5 Å². The van der Waals surface area contributed by atoms with Crippen molar-refractivity contribution in [3.63, 3.8) is 0 Å². The molecule has 0 saturated carbocycles. The molecule has 184 valence electrons. The number of aliphatic hydroxyl groups excluding tert-OH is 1. The van der Waals surface area contributed by atoms with Crippen LogP contribution in [-0.2, 0) is 15.3 Å². The molecule has 0 aliphatic carbocycles. The van der Waals surface area contributed by atoms with Crippen LogP contribution in [-0.4, -0.2) is 50.2 Å². The average Bonchev–Trinajstić information content (AvgIpc) is 2.76. The first-order chi connectivity index (χ1) is 15.4. The zero-order valence-electron chi connectivity index (χ0n) is 19.3. The Hall–Kier alpha value is -1.18. The van der Waals surface area contributed by atoms with E-state index in [0.717, 1.165) is 11.1 Å². The van der Waals surface area contributed by atoms with Crippen molar-refractivity contribution >= 4 is 44.6 Å². The summed E-state index contributed by atoms with van der Waals surface area (Å²) < 4.78 is 34.6. The number of benzene rings is 2. The molecule has 0 amide bonds. The third kappa shape index (κ3) is 7.93. The summed E-state index contributed by atoms with van der Waals surface area (Å²) in [5, 5.41) is 10.8. The molecule has 0 unspecified atom stereocenters. The van der Waals surface area contributed by atoms with Crippen LogP contribution in [0, 0.1) is 5.92 Å². The van der Waals surface area contributed by atoms with E-state index >= 15 is 0 Å². The number of hydrogen-bond acceptors (Lipinski definition) is 5. The predicted molar refractivity (Wildman–Crippen MR) is 136 cm³/mol. The second kappa shape index (κ2) is 12.0. The van der Waals surface area contributed by atoms with Gasteiger partial charge in [-0.2, -0.15) is 0 Å². The van der Waals surface area contributed by atoms with E-state index in [2.05, 4.69) is 13.8 Å². The standard InChI is InChI=1S/C24H31Cl3O5S/c1-5-33(29,30)15-19(28)14-31-20-8-6-17(7-9-20)24(3,4)18-10-21(26)23(22(27)11-18)32-13-16(2)12-25/h6-11,16,19,28H,5,12-15H2,1-4H3/t16-,19-/m0/s1. The Morgan fingerprint density at radius 3 is 2.09 bits per heavy atom. The van der Waals surface area contributed by atoms with Crippen molar-refractivity contribution in [3.8, 4) is 11.5 Å². The molecule has 0 spiro atoms. The smallest absolute Gasteiger partial charge is 0.156 e. The summed E-state index contributed by atoms with van der Waals surface area (Å²) in [6.07, 6.45) is -1.08. The molecule has 33 heavy (non-hydrogen) atoms. The largest absolute Gasteiger partial charge is 0.491 e. The summed E-state index contributed by atoms with van der Waals surface area (Å²) in [4.78, 5) is 0. The number of rotatable bonds is 12. The fourth-order valence-corrected chi connectivity index (χ4v) is 4.72. The Kier molecular flexibility index (Phi) is 10.2. The SMILES string of the molecule is CCS(=O)(=O)C[C@@H](O)COc1ccc(C(C)(C)c2cc(Cl)c(OC[C@@H](C)CCl)c(Cl)c2)cc1. The van der Waals surface area contributed by atoms with Crippen molar-refractivity contribution < 1.29 is 23.0 Å². The lowest BCUT2D eigenvalue weighted by Gasteiger charge is -2.27. The first-order valence-corrected chi connectivity index (χ1v) is 13.8. The third-order valence-corrected chi connectivity index (χ3v) is 8.26. The molecule has 0 fully saturated rings. The quantitative estimate of drug-likeness (QED) is 0.349. The number of ether oxygens (including phenoxy) is 2. The van der Waals surface area contributed by atoms with Crippen LogP contribution in [0.3, 0.4) is 0 Å². The lowest BCUT2D eigenvalue weighted by atomic mass is 9.78. The van der Waals surface area contributed by atoms with Gasteiger partial charge in [0, 0.05) is 23.0 Å². The van der Waals surface area contributed by atoms with Crippen molar-refractivity contribution in [2.24, 2.45) is 5.92 Å². The van der Waals surface area contributed by atoms with Crippen LogP contribution in [0.25, 0.3) is 0 Å². The van der Waals surface area contributed by atoms with Crippen LogP contribution in [0.4, 0.5) is 0 Å². The molecule has 0 bridgehead atoms. The minimum Gasteiger partial charge on any atom is -0.491 e. The maximum Gasteiger partial charge on any atom is 0.156 e. The lowest BCUT2D eigenvalue weighted by molar-refractivity contribution is 0.125. The predicted octanol–water partition coefficient (Wildman–Crippen LogP) is 5.75. The maximum absolute atomic E-state index is 11.6. The fourth-order valence-electron chi connectivity index (χ4n) is 3.11. The molecule has 9 heteroatoms. The second-order valence-corrected chi connectivity index (χ2v) is 12.2. The molecule has 2 rings (SSSR count). The summed E-state index contributed by atoms with van der Waals surface area (Å²) in [5.74, 6) is 1.31. The van der Waals surface area contributed by atoms with Gasteiger partial charge in [-0.05, 0) is 35.4 Å². The molecule has 2 atom stereocenters. The van der Waals surface area contributed by atoms with Gasteiger partial charge in [-0.15, -0.1) is 11.6 Å². The summed E-state index contributed by atoms with van der Waals surface area (Å²) in [5.41, 5.74) is 1.51. The Bertz CT molecular complexity index is 1000. The zero-order chi connectivity index (χ0) is 24.8. The molecule has 2 aromatic carbocycles. The number of halogens is 3. The van der Waals surface area contributed by atoms with Gasteiger partial charge in [-0.1, -0.05) is 63.0 Å². The molecule has 0 aromatic heterocycles. The lowest BCUT2D eigenvalue weighted by Crippen LogP contribution is -2.28. The molecular formula is C24H31Cl3O5S. The van der Waals surface area contributed by atoms with Crippen LogP contribution in [0.5, 0.6) is 11.5 Å². The van der Waals surface area contributed by atoms with Gasteiger partial charge >= 0.3 is 0 Å². The number of sulfone groups is 1. The Labute approximate surface area is 211 Å². The van der Waals surface area contributed by atoms with Gasteiger partial charge < -0.3 is 14.6 Å². The number of aliphatic hydroxyl groups is 1. The number of alkyl halides is 1. The fraction of sp³-hybridized carbons (Fsp3) is 0.500. The van der Waals surface area contributed by atoms with Gasteiger partial charge in [0.25, 0.3) is 0 Å². The van der Waals surface area contributed by atoms with E-state index in [9.17, 15) is 13.5 Å². The van der Waals surface area contributed by atoms with E-state index in [1.54, 1.807) is 19.1 Å². The van der Waals surface area contributed by atoms with E-state index in [1.165, 1.54) is 0 Å². The Morgan fingerprint density at radius 1 is 1.00 bits per heavy atom. The van der Waals surface area contributed by atoms with Crippen LogP contribution < -0.4 is 9.47 Å². The highest BCUT2D eigenvalue weighted by Gasteiger charge is 2.26. The molecule has 0 aliphatic rings. The summed E-state index contributed by atoms with van der Waals surface area (Å²) in [6.45, 7) is 7.96. The summed E-state index contributed by atoms with van der Waals surface area (Å²) in [6, 6.07) is 11.1. The normalized spacial score (nSPS) is 14.1. The van der Waals surface area contributed by atoms with E-state index in [4.69, 9.17) is 44.3 Å². The first-order valence-electron chi connectivity index (χ1n) is 10.7. The van der Waals surface area contributed by atoms with E-state index in [0.29, 0.717) is 34.0 Å². The zero-order valence-corrected chi connectivity index (χ0v) is 22.4.